The maximum Gasteiger partial charge on any atom is 0.151 e. The predicted octanol–water partition coefficient (Wildman–Crippen LogP) is 0.105. The van der Waals surface area contributed by atoms with Crippen LogP contribution in [0.5, 0.6) is 0 Å². The molecule has 2 heterocycles. The Morgan fingerprint density at radius 2 is 2.06 bits per heavy atom. The molecular formula is C11H22N2O2S. The summed E-state index contributed by atoms with van der Waals surface area (Å²) in [7, 11) is -2.77. The lowest BCUT2D eigenvalue weighted by Gasteiger charge is -2.38. The number of sulfone groups is 1. The Labute approximate surface area is 98.3 Å². The third-order valence-corrected chi connectivity index (χ3v) is 5.56. The molecule has 2 saturated heterocycles. The van der Waals surface area contributed by atoms with Gasteiger partial charge in [-0.05, 0) is 31.8 Å². The molecule has 1 N–H and O–H groups in total. The summed E-state index contributed by atoms with van der Waals surface area (Å²) in [6, 6.07) is 0.530. The quantitative estimate of drug-likeness (QED) is 0.713. The van der Waals surface area contributed by atoms with Crippen molar-refractivity contribution in [3.8, 4) is 0 Å². The maximum absolute atomic E-state index is 11.5. The highest BCUT2D eigenvalue weighted by Crippen LogP contribution is 2.19. The van der Waals surface area contributed by atoms with E-state index in [-0.39, 0.29) is 0 Å². The minimum absolute atomic E-state index is 0.343. The molecule has 2 atom stereocenters. The molecule has 2 rings (SSSR count). The van der Waals surface area contributed by atoms with Crippen molar-refractivity contribution in [2.24, 2.45) is 5.92 Å². The Hall–Kier alpha value is -0.130. The lowest BCUT2D eigenvalue weighted by molar-refractivity contribution is 0.131. The summed E-state index contributed by atoms with van der Waals surface area (Å²) in [5, 5.41) is 3.41. The number of nitrogens with one attached hydrogen (secondary N) is 1. The van der Waals surface area contributed by atoms with E-state index in [1.807, 2.05) is 0 Å². The van der Waals surface area contributed by atoms with E-state index in [1.54, 1.807) is 0 Å². The first-order chi connectivity index (χ1) is 7.58. The molecular weight excluding hydrogens is 224 g/mol. The molecule has 0 radical (unpaired) electrons. The van der Waals surface area contributed by atoms with E-state index in [4.69, 9.17) is 0 Å². The first-order valence-corrected chi connectivity index (χ1v) is 8.06. The Morgan fingerprint density at radius 3 is 2.81 bits per heavy atom. The van der Waals surface area contributed by atoms with Crippen LogP contribution in [-0.4, -0.2) is 57.0 Å². The third kappa shape index (κ3) is 2.96. The van der Waals surface area contributed by atoms with E-state index >= 15 is 0 Å². The zero-order chi connectivity index (χ0) is 11.6. The van der Waals surface area contributed by atoms with Crippen molar-refractivity contribution in [1.82, 2.24) is 10.2 Å². The van der Waals surface area contributed by atoms with Crippen molar-refractivity contribution >= 4 is 9.84 Å². The number of piperidine rings is 1. The van der Waals surface area contributed by atoms with Crippen molar-refractivity contribution < 1.29 is 8.42 Å². The van der Waals surface area contributed by atoms with Crippen molar-refractivity contribution in [1.29, 1.82) is 0 Å². The Balaban J connectivity index is 1.98. The van der Waals surface area contributed by atoms with Gasteiger partial charge in [-0.15, -0.1) is 0 Å². The topological polar surface area (TPSA) is 49.4 Å². The van der Waals surface area contributed by atoms with Gasteiger partial charge < -0.3 is 5.32 Å². The molecule has 0 aromatic carbocycles. The lowest BCUT2D eigenvalue weighted by Crippen LogP contribution is -2.51. The summed E-state index contributed by atoms with van der Waals surface area (Å²) >= 11 is 0. The molecule has 0 aromatic heterocycles. The molecule has 2 aliphatic heterocycles. The molecule has 94 valence electrons. The molecule has 5 heteroatoms. The average molecular weight is 246 g/mol. The van der Waals surface area contributed by atoms with E-state index in [2.05, 4.69) is 17.1 Å². The van der Waals surface area contributed by atoms with Gasteiger partial charge in [-0.2, -0.15) is 0 Å². The van der Waals surface area contributed by atoms with Gasteiger partial charge in [0.1, 0.15) is 0 Å². The van der Waals surface area contributed by atoms with E-state index in [9.17, 15) is 8.42 Å². The number of hydrogen-bond acceptors (Lipinski definition) is 4. The zero-order valence-electron chi connectivity index (χ0n) is 9.98. The fraction of sp³-hybridized carbons (Fsp3) is 1.00. The number of nitrogens with zero attached hydrogens (tertiary/aromatic N) is 1. The van der Waals surface area contributed by atoms with Crippen LogP contribution in [0.4, 0.5) is 0 Å². The molecule has 0 amide bonds. The first kappa shape index (κ1) is 12.3. The van der Waals surface area contributed by atoms with Gasteiger partial charge in [0, 0.05) is 19.1 Å². The Bertz CT molecular complexity index is 329. The van der Waals surface area contributed by atoms with Crippen LogP contribution in [-0.2, 0) is 9.84 Å². The first-order valence-electron chi connectivity index (χ1n) is 6.24. The minimum Gasteiger partial charge on any atom is -0.315 e. The molecule has 2 fully saturated rings. The Morgan fingerprint density at radius 1 is 1.25 bits per heavy atom. The van der Waals surface area contributed by atoms with Gasteiger partial charge in [0.05, 0.1) is 11.5 Å². The molecule has 4 nitrogen and oxygen atoms in total. The van der Waals surface area contributed by atoms with Crippen LogP contribution < -0.4 is 5.32 Å². The van der Waals surface area contributed by atoms with Gasteiger partial charge in [-0.25, -0.2) is 8.42 Å². The maximum atomic E-state index is 11.5. The fourth-order valence-electron chi connectivity index (χ4n) is 2.75. The van der Waals surface area contributed by atoms with E-state index in [0.717, 1.165) is 32.6 Å². The largest absolute Gasteiger partial charge is 0.315 e. The second kappa shape index (κ2) is 5.02. The summed E-state index contributed by atoms with van der Waals surface area (Å²) in [5.74, 6) is 1.40. The highest BCUT2D eigenvalue weighted by atomic mass is 32.2. The van der Waals surface area contributed by atoms with Crippen LogP contribution in [0.2, 0.25) is 0 Å². The smallest absolute Gasteiger partial charge is 0.151 e. The van der Waals surface area contributed by atoms with Crippen LogP contribution in [0.25, 0.3) is 0 Å². The number of rotatable bonds is 1. The average Bonchev–Trinajstić information content (AvgIpc) is 2.40. The minimum atomic E-state index is -2.77. The molecule has 0 spiro atoms. The molecule has 2 aliphatic rings. The van der Waals surface area contributed by atoms with Gasteiger partial charge >= 0.3 is 0 Å². The van der Waals surface area contributed by atoms with Gasteiger partial charge in [0.2, 0.25) is 0 Å². The summed E-state index contributed by atoms with van der Waals surface area (Å²) < 4.78 is 23.1. The van der Waals surface area contributed by atoms with Crippen molar-refractivity contribution in [2.75, 3.05) is 37.7 Å². The van der Waals surface area contributed by atoms with Gasteiger partial charge in [0.25, 0.3) is 0 Å². The molecule has 0 bridgehead atoms. The standard InChI is InChI=1S/C11H22N2O2S/c1-10-3-4-12-9-11(10)13-5-2-7-16(14,15)8-6-13/h10-12H,2-9H2,1H3. The Kier molecular flexibility index (Phi) is 3.87. The van der Waals surface area contributed by atoms with E-state index in [0.29, 0.717) is 23.5 Å². The van der Waals surface area contributed by atoms with Crippen molar-refractivity contribution in [3.05, 3.63) is 0 Å². The zero-order valence-corrected chi connectivity index (χ0v) is 10.8. The summed E-state index contributed by atoms with van der Waals surface area (Å²) in [5.41, 5.74) is 0. The van der Waals surface area contributed by atoms with Crippen LogP contribution in [0, 0.1) is 5.92 Å². The van der Waals surface area contributed by atoms with Gasteiger partial charge in [-0.3, -0.25) is 4.90 Å². The fourth-order valence-corrected chi connectivity index (χ4v) is 4.04. The van der Waals surface area contributed by atoms with Crippen molar-refractivity contribution in [3.63, 3.8) is 0 Å². The highest BCUT2D eigenvalue weighted by Gasteiger charge is 2.29. The second-order valence-corrected chi connectivity index (χ2v) is 7.38. The van der Waals surface area contributed by atoms with E-state index in [1.165, 1.54) is 6.42 Å². The SMILES string of the molecule is CC1CCNCC1N1CCCS(=O)(=O)CC1. The monoisotopic (exact) mass is 246 g/mol. The van der Waals surface area contributed by atoms with Crippen LogP contribution in [0.15, 0.2) is 0 Å². The number of hydrogen-bond donors (Lipinski definition) is 1. The van der Waals surface area contributed by atoms with Crippen LogP contribution >= 0.6 is 0 Å². The molecule has 0 aliphatic carbocycles. The van der Waals surface area contributed by atoms with Crippen molar-refractivity contribution in [2.45, 2.75) is 25.8 Å². The summed E-state index contributed by atoms with van der Waals surface area (Å²) in [6.07, 6.45) is 2.00. The predicted molar refractivity (Wildman–Crippen MR) is 65.3 cm³/mol. The molecule has 16 heavy (non-hydrogen) atoms. The van der Waals surface area contributed by atoms with Crippen LogP contribution in [0.1, 0.15) is 19.8 Å². The normalized spacial score (nSPS) is 36.8. The second-order valence-electron chi connectivity index (χ2n) is 5.08. The highest BCUT2D eigenvalue weighted by molar-refractivity contribution is 7.91. The summed E-state index contributed by atoms with van der Waals surface area (Å²) in [4.78, 5) is 2.38. The summed E-state index contributed by atoms with van der Waals surface area (Å²) in [6.45, 7) is 6.06. The van der Waals surface area contributed by atoms with Gasteiger partial charge in [0.15, 0.2) is 9.84 Å². The molecule has 0 saturated carbocycles. The van der Waals surface area contributed by atoms with Gasteiger partial charge in [-0.1, -0.05) is 6.92 Å². The molecule has 0 aromatic rings. The van der Waals surface area contributed by atoms with Crippen LogP contribution in [0.3, 0.4) is 0 Å². The lowest BCUT2D eigenvalue weighted by atomic mass is 9.93. The molecule has 2 unspecified atom stereocenters. The third-order valence-electron chi connectivity index (χ3n) is 3.85. The van der Waals surface area contributed by atoms with E-state index < -0.39 is 9.84 Å².